The van der Waals surface area contributed by atoms with Crippen LogP contribution in [-0.4, -0.2) is 50.1 Å². The molecule has 0 aliphatic heterocycles. The average Bonchev–Trinajstić information content (AvgIpc) is 3.16. The van der Waals surface area contributed by atoms with Gasteiger partial charge in [0.2, 0.25) is 10.0 Å². The fourth-order valence-electron chi connectivity index (χ4n) is 2.35. The van der Waals surface area contributed by atoms with Crippen molar-refractivity contribution in [3.63, 3.8) is 0 Å². The molecule has 1 aromatic heterocycles. The number of aryl methyl sites for hydroxylation is 1. The van der Waals surface area contributed by atoms with Crippen LogP contribution in [0.3, 0.4) is 0 Å². The van der Waals surface area contributed by atoms with E-state index in [4.69, 9.17) is 5.11 Å². The van der Waals surface area contributed by atoms with Crippen LogP contribution in [0.1, 0.15) is 35.0 Å². The molecule has 21 heavy (non-hydrogen) atoms. The number of carbonyl (C=O) groups is 1. The number of sulfonamides is 1. The van der Waals surface area contributed by atoms with Crippen LogP contribution in [0.2, 0.25) is 0 Å². The molecule has 0 bridgehead atoms. The highest BCUT2D eigenvalue weighted by Gasteiger charge is 2.29. The van der Waals surface area contributed by atoms with Crippen molar-refractivity contribution < 1.29 is 18.3 Å². The molecule has 0 amide bonds. The summed E-state index contributed by atoms with van der Waals surface area (Å²) in [5.74, 6) is -1.21. The first-order valence-corrected chi connectivity index (χ1v) is 9.28. The second-order valence-electron chi connectivity index (χ2n) is 5.14. The van der Waals surface area contributed by atoms with Crippen LogP contribution in [0.15, 0.2) is 10.3 Å². The number of hydrogen-bond donors (Lipinski definition) is 2. The molecule has 1 heterocycles. The Morgan fingerprint density at radius 1 is 1.52 bits per heavy atom. The van der Waals surface area contributed by atoms with Crippen molar-refractivity contribution in [1.29, 1.82) is 0 Å². The predicted molar refractivity (Wildman–Crippen MR) is 81.5 cm³/mol. The molecule has 0 saturated heterocycles. The van der Waals surface area contributed by atoms with Crippen LogP contribution in [0, 0.1) is 6.92 Å². The minimum absolute atomic E-state index is 0.102. The second-order valence-corrected chi connectivity index (χ2v) is 7.72. The Morgan fingerprint density at radius 3 is 2.71 bits per heavy atom. The SMILES string of the molecule is CCN(CCNS(=O)(=O)c1c(C)csc1C(=O)O)C1CC1. The highest BCUT2D eigenvalue weighted by atomic mass is 32.2. The third kappa shape index (κ3) is 3.82. The molecule has 118 valence electrons. The number of carboxylic acid groups (broad SMARTS) is 1. The van der Waals surface area contributed by atoms with Crippen LogP contribution in [0.5, 0.6) is 0 Å². The van der Waals surface area contributed by atoms with Crippen molar-refractivity contribution in [2.24, 2.45) is 0 Å². The molecule has 1 fully saturated rings. The van der Waals surface area contributed by atoms with Gasteiger partial charge in [0.25, 0.3) is 0 Å². The average molecular weight is 332 g/mol. The summed E-state index contributed by atoms with van der Waals surface area (Å²) in [6.07, 6.45) is 2.35. The highest BCUT2D eigenvalue weighted by Crippen LogP contribution is 2.27. The van der Waals surface area contributed by atoms with E-state index in [9.17, 15) is 13.2 Å². The van der Waals surface area contributed by atoms with Crippen LogP contribution in [-0.2, 0) is 10.0 Å². The number of rotatable bonds is 8. The number of nitrogens with zero attached hydrogens (tertiary/aromatic N) is 1. The van der Waals surface area contributed by atoms with Crippen molar-refractivity contribution >= 4 is 27.3 Å². The highest BCUT2D eigenvalue weighted by molar-refractivity contribution is 7.89. The predicted octanol–water partition coefficient (Wildman–Crippen LogP) is 1.52. The van der Waals surface area contributed by atoms with Gasteiger partial charge in [-0.25, -0.2) is 17.9 Å². The van der Waals surface area contributed by atoms with Crippen molar-refractivity contribution in [2.45, 2.75) is 37.6 Å². The van der Waals surface area contributed by atoms with Crippen molar-refractivity contribution in [2.75, 3.05) is 19.6 Å². The zero-order valence-corrected chi connectivity index (χ0v) is 13.8. The van der Waals surface area contributed by atoms with Gasteiger partial charge in [-0.05, 0) is 37.3 Å². The van der Waals surface area contributed by atoms with E-state index < -0.39 is 16.0 Å². The zero-order chi connectivity index (χ0) is 15.6. The van der Waals surface area contributed by atoms with Crippen molar-refractivity contribution in [3.05, 3.63) is 15.8 Å². The maximum absolute atomic E-state index is 12.3. The van der Waals surface area contributed by atoms with Gasteiger partial charge in [0.05, 0.1) is 0 Å². The molecule has 0 aromatic carbocycles. The van der Waals surface area contributed by atoms with E-state index >= 15 is 0 Å². The van der Waals surface area contributed by atoms with E-state index in [0.29, 0.717) is 24.7 Å². The molecule has 8 heteroatoms. The molecule has 2 N–H and O–H groups in total. The summed E-state index contributed by atoms with van der Waals surface area (Å²) in [4.78, 5) is 13.1. The number of nitrogens with one attached hydrogen (secondary N) is 1. The molecular weight excluding hydrogens is 312 g/mol. The number of hydrogen-bond acceptors (Lipinski definition) is 5. The number of thiophene rings is 1. The van der Waals surface area contributed by atoms with Crippen LogP contribution >= 0.6 is 11.3 Å². The minimum atomic E-state index is -3.78. The van der Waals surface area contributed by atoms with Gasteiger partial charge in [-0.3, -0.25) is 4.90 Å². The third-order valence-corrected chi connectivity index (χ3v) is 6.40. The van der Waals surface area contributed by atoms with E-state index in [0.717, 1.165) is 17.9 Å². The van der Waals surface area contributed by atoms with Gasteiger partial charge in [0, 0.05) is 19.1 Å². The lowest BCUT2D eigenvalue weighted by molar-refractivity contribution is 0.0698. The smallest absolute Gasteiger partial charge is 0.347 e. The summed E-state index contributed by atoms with van der Waals surface area (Å²) in [7, 11) is -3.78. The topological polar surface area (TPSA) is 86.7 Å². The molecule has 2 rings (SSSR count). The number of aromatic carboxylic acids is 1. The van der Waals surface area contributed by atoms with E-state index in [2.05, 4.69) is 16.5 Å². The largest absolute Gasteiger partial charge is 0.477 e. The summed E-state index contributed by atoms with van der Waals surface area (Å²) in [6.45, 7) is 5.50. The van der Waals surface area contributed by atoms with Crippen molar-refractivity contribution in [3.8, 4) is 0 Å². The fourth-order valence-corrected chi connectivity index (χ4v) is 5.00. The Kier molecular flexibility index (Phi) is 5.03. The normalized spacial score (nSPS) is 15.6. The molecule has 0 atom stereocenters. The summed E-state index contributed by atoms with van der Waals surface area (Å²) < 4.78 is 27.1. The number of likely N-dealkylation sites (N-methyl/N-ethyl adjacent to an activating group) is 1. The molecule has 0 radical (unpaired) electrons. The van der Waals surface area contributed by atoms with Gasteiger partial charge in [-0.15, -0.1) is 11.3 Å². The Labute approximate surface area is 128 Å². The summed E-state index contributed by atoms with van der Waals surface area (Å²) >= 11 is 0.941. The zero-order valence-electron chi connectivity index (χ0n) is 12.1. The monoisotopic (exact) mass is 332 g/mol. The van der Waals surface area contributed by atoms with Crippen LogP contribution < -0.4 is 4.72 Å². The third-order valence-electron chi connectivity index (χ3n) is 3.54. The molecule has 1 aliphatic rings. The summed E-state index contributed by atoms with van der Waals surface area (Å²) in [5.41, 5.74) is 0.472. The fraction of sp³-hybridized carbons (Fsp3) is 0.615. The maximum Gasteiger partial charge on any atom is 0.347 e. The molecule has 0 spiro atoms. The summed E-state index contributed by atoms with van der Waals surface area (Å²) in [6, 6.07) is 0.581. The molecular formula is C13H20N2O4S2. The van der Waals surface area contributed by atoms with Crippen LogP contribution in [0.4, 0.5) is 0 Å². The Hall–Kier alpha value is -0.960. The first-order valence-electron chi connectivity index (χ1n) is 6.92. The second kappa shape index (κ2) is 6.43. The minimum Gasteiger partial charge on any atom is -0.477 e. The van der Waals surface area contributed by atoms with E-state index in [1.54, 1.807) is 12.3 Å². The molecule has 6 nitrogen and oxygen atoms in total. The van der Waals surface area contributed by atoms with Crippen LogP contribution in [0.25, 0.3) is 0 Å². The lowest BCUT2D eigenvalue weighted by Crippen LogP contribution is -2.36. The van der Waals surface area contributed by atoms with Gasteiger partial charge < -0.3 is 5.11 Å². The Balaban J connectivity index is 2.04. The Morgan fingerprint density at radius 2 is 2.19 bits per heavy atom. The van der Waals surface area contributed by atoms with Gasteiger partial charge in [0.1, 0.15) is 9.77 Å². The number of carboxylic acids is 1. The van der Waals surface area contributed by atoms with E-state index in [-0.39, 0.29) is 9.77 Å². The lowest BCUT2D eigenvalue weighted by atomic mass is 10.3. The first-order chi connectivity index (χ1) is 9.86. The van der Waals surface area contributed by atoms with Gasteiger partial charge in [-0.2, -0.15) is 0 Å². The molecule has 1 aliphatic carbocycles. The Bertz CT molecular complexity index is 620. The molecule has 1 aromatic rings. The van der Waals surface area contributed by atoms with E-state index in [1.807, 2.05) is 0 Å². The van der Waals surface area contributed by atoms with Gasteiger partial charge in [0.15, 0.2) is 0 Å². The summed E-state index contributed by atoms with van der Waals surface area (Å²) in [5, 5.41) is 10.6. The van der Waals surface area contributed by atoms with Crippen molar-refractivity contribution in [1.82, 2.24) is 9.62 Å². The lowest BCUT2D eigenvalue weighted by Gasteiger charge is -2.19. The van der Waals surface area contributed by atoms with E-state index in [1.165, 1.54) is 12.8 Å². The molecule has 0 unspecified atom stereocenters. The maximum atomic E-state index is 12.3. The van der Waals surface area contributed by atoms with Gasteiger partial charge >= 0.3 is 5.97 Å². The quantitative estimate of drug-likeness (QED) is 0.754. The van der Waals surface area contributed by atoms with Gasteiger partial charge in [-0.1, -0.05) is 6.92 Å². The standard InChI is InChI=1S/C13H20N2O4S2/c1-3-15(10-4-5-10)7-6-14-21(18,19)12-9(2)8-20-11(12)13(16)17/h8,10,14H,3-7H2,1-2H3,(H,16,17). The first kappa shape index (κ1) is 16.4. The molecule has 1 saturated carbocycles.